The van der Waals surface area contributed by atoms with Crippen LogP contribution in [0.4, 0.5) is 0 Å². The minimum Gasteiger partial charge on any atom is -0.462 e. The zero-order chi connectivity index (χ0) is 16.2. The van der Waals surface area contributed by atoms with E-state index < -0.39 is 15.7 Å². The minimum absolute atomic E-state index is 0.0671. The average molecular weight is 330 g/mol. The van der Waals surface area contributed by atoms with Crippen LogP contribution in [0.1, 0.15) is 56.2 Å². The fourth-order valence-electron chi connectivity index (χ4n) is 1.31. The summed E-state index contributed by atoms with van der Waals surface area (Å²) < 4.78 is 21.0. The number of aromatic nitrogens is 1. The van der Waals surface area contributed by atoms with Gasteiger partial charge in [0.15, 0.2) is 0 Å². The fourth-order valence-corrected chi connectivity index (χ4v) is 3.06. The van der Waals surface area contributed by atoms with E-state index in [0.717, 1.165) is 0 Å². The minimum atomic E-state index is -1.35. The van der Waals surface area contributed by atoms with E-state index in [-0.39, 0.29) is 11.9 Å². The Morgan fingerprint density at radius 1 is 1.48 bits per heavy atom. The third kappa shape index (κ3) is 5.00. The summed E-state index contributed by atoms with van der Waals surface area (Å²) in [7, 11) is -1.35. The molecule has 0 amide bonds. The maximum Gasteiger partial charge on any atom is 0.349 e. The highest BCUT2D eigenvalue weighted by molar-refractivity contribution is 7.85. The van der Waals surface area contributed by atoms with Gasteiger partial charge >= 0.3 is 5.97 Å². The maximum atomic E-state index is 12.2. The molecule has 0 fully saturated rings. The van der Waals surface area contributed by atoms with Crippen LogP contribution in [0.2, 0.25) is 0 Å². The molecule has 0 saturated carbocycles. The van der Waals surface area contributed by atoms with E-state index in [1.807, 2.05) is 34.6 Å². The van der Waals surface area contributed by atoms with Crippen LogP contribution in [0.3, 0.4) is 0 Å². The first kappa shape index (κ1) is 18.0. The molecule has 0 N–H and O–H groups in total. The van der Waals surface area contributed by atoms with Gasteiger partial charge in [-0.3, -0.25) is 0 Å². The quantitative estimate of drug-likeness (QED) is 0.614. The lowest BCUT2D eigenvalue weighted by molar-refractivity contribution is 0.0532. The number of hydrogen-bond donors (Lipinski definition) is 0. The van der Waals surface area contributed by atoms with Crippen molar-refractivity contribution in [3.05, 3.63) is 16.1 Å². The molecule has 0 saturated heterocycles. The molecule has 0 aromatic carbocycles. The predicted octanol–water partition coefficient (Wildman–Crippen LogP) is 3.23. The van der Waals surface area contributed by atoms with Gasteiger partial charge in [-0.1, -0.05) is 13.8 Å². The Kier molecular flexibility index (Phi) is 6.22. The monoisotopic (exact) mass is 330 g/mol. The lowest BCUT2D eigenvalue weighted by Crippen LogP contribution is -2.22. The normalized spacial score (nSPS) is 14.3. The number of hydrogen-bond acceptors (Lipinski definition) is 5. The summed E-state index contributed by atoms with van der Waals surface area (Å²) in [6.45, 7) is 11.6. The third-order valence-corrected chi connectivity index (χ3v) is 4.86. The highest BCUT2D eigenvalue weighted by Crippen LogP contribution is 2.21. The molecule has 21 heavy (non-hydrogen) atoms. The lowest BCUT2D eigenvalue weighted by Gasteiger charge is -2.15. The van der Waals surface area contributed by atoms with Crippen molar-refractivity contribution in [1.82, 2.24) is 4.98 Å². The molecule has 0 spiro atoms. The number of carbonyl (C=O) groups excluding carboxylic acids is 1. The summed E-state index contributed by atoms with van der Waals surface area (Å²) in [5, 5.41) is 0.616. The predicted molar refractivity (Wildman–Crippen MR) is 87.3 cm³/mol. The summed E-state index contributed by atoms with van der Waals surface area (Å²) >= 11 is 1.22. The summed E-state index contributed by atoms with van der Waals surface area (Å²) in [6.07, 6.45) is 1.48. The second kappa shape index (κ2) is 7.26. The van der Waals surface area contributed by atoms with E-state index >= 15 is 0 Å². The largest absolute Gasteiger partial charge is 0.462 e. The zero-order valence-corrected chi connectivity index (χ0v) is 14.9. The van der Waals surface area contributed by atoms with E-state index in [4.69, 9.17) is 4.74 Å². The molecular weight excluding hydrogens is 308 g/mol. The molecule has 0 bridgehead atoms. The first-order valence-electron chi connectivity index (χ1n) is 6.80. The molecule has 1 rings (SSSR count). The molecule has 5 nitrogen and oxygen atoms in total. The molecule has 1 aromatic rings. The molecular formula is C14H22N2O3S2. The smallest absolute Gasteiger partial charge is 0.349 e. The van der Waals surface area contributed by atoms with Crippen molar-refractivity contribution in [1.29, 1.82) is 0 Å². The standard InChI is InChI=1S/C14H22N2O3S2/c1-7-19-13(17)10-8-15-12(20-10)11(9(2)3)16-21(18)14(4,5)6/h8-9H,7H2,1-6H3/b16-11+. The van der Waals surface area contributed by atoms with E-state index in [1.54, 1.807) is 6.92 Å². The van der Waals surface area contributed by atoms with Crippen molar-refractivity contribution in [2.24, 2.45) is 10.3 Å². The number of thiazole rings is 1. The van der Waals surface area contributed by atoms with Gasteiger partial charge in [0.1, 0.15) is 20.9 Å². The van der Waals surface area contributed by atoms with Crippen LogP contribution in [0, 0.1) is 5.92 Å². The molecule has 7 heteroatoms. The first-order valence-corrected chi connectivity index (χ1v) is 8.73. The second-order valence-electron chi connectivity index (χ2n) is 5.74. The average Bonchev–Trinajstić information content (AvgIpc) is 2.83. The topological polar surface area (TPSA) is 68.6 Å². The molecule has 1 unspecified atom stereocenters. The summed E-state index contributed by atoms with van der Waals surface area (Å²) in [6, 6.07) is 0. The van der Waals surface area contributed by atoms with Crippen molar-refractivity contribution < 1.29 is 13.7 Å². The molecule has 0 aliphatic carbocycles. The van der Waals surface area contributed by atoms with Gasteiger partial charge in [0.05, 0.1) is 23.3 Å². The SMILES string of the molecule is CCOC(=O)c1cnc(/C(=N/S(=O)C(C)(C)C)C(C)C)s1. The number of carbonyl (C=O) groups is 1. The number of ether oxygens (including phenoxy) is 1. The molecule has 1 atom stereocenters. The van der Waals surface area contributed by atoms with Gasteiger partial charge in [-0.05, 0) is 33.6 Å². The zero-order valence-electron chi connectivity index (χ0n) is 13.3. The van der Waals surface area contributed by atoms with Gasteiger partial charge in [0.2, 0.25) is 0 Å². The lowest BCUT2D eigenvalue weighted by atomic mass is 10.1. The maximum absolute atomic E-state index is 12.2. The molecule has 0 aliphatic rings. The van der Waals surface area contributed by atoms with Crippen molar-refractivity contribution in [2.75, 3.05) is 6.61 Å². The molecule has 1 aromatic heterocycles. The Morgan fingerprint density at radius 3 is 2.57 bits per heavy atom. The van der Waals surface area contributed by atoms with Crippen LogP contribution in [0.5, 0.6) is 0 Å². The van der Waals surface area contributed by atoms with Crippen LogP contribution in [-0.2, 0) is 15.7 Å². The second-order valence-corrected chi connectivity index (χ2v) is 8.68. The number of nitrogens with zero attached hydrogens (tertiary/aromatic N) is 2. The molecule has 0 radical (unpaired) electrons. The van der Waals surface area contributed by atoms with Gasteiger partial charge in [-0.25, -0.2) is 14.0 Å². The van der Waals surface area contributed by atoms with Gasteiger partial charge in [0, 0.05) is 0 Å². The molecule has 118 valence electrons. The van der Waals surface area contributed by atoms with E-state index in [2.05, 4.69) is 9.38 Å². The van der Waals surface area contributed by atoms with E-state index in [1.165, 1.54) is 17.5 Å². The Hall–Kier alpha value is -1.08. The van der Waals surface area contributed by atoms with Crippen molar-refractivity contribution in [3.63, 3.8) is 0 Å². The van der Waals surface area contributed by atoms with Gasteiger partial charge in [0.25, 0.3) is 0 Å². The van der Waals surface area contributed by atoms with Crippen molar-refractivity contribution in [3.8, 4) is 0 Å². The van der Waals surface area contributed by atoms with Crippen LogP contribution >= 0.6 is 11.3 Å². The highest BCUT2D eigenvalue weighted by Gasteiger charge is 2.23. The summed E-state index contributed by atoms with van der Waals surface area (Å²) in [4.78, 5) is 16.3. The summed E-state index contributed by atoms with van der Waals surface area (Å²) in [5.74, 6) is -0.321. The molecule has 1 heterocycles. The van der Waals surface area contributed by atoms with Gasteiger partial charge in [-0.2, -0.15) is 4.40 Å². The Labute approximate surface area is 132 Å². The Balaban J connectivity index is 3.11. The van der Waals surface area contributed by atoms with Crippen LogP contribution < -0.4 is 0 Å². The van der Waals surface area contributed by atoms with Crippen LogP contribution in [-0.4, -0.2) is 32.2 Å². The van der Waals surface area contributed by atoms with Gasteiger partial charge in [-0.15, -0.1) is 11.3 Å². The Morgan fingerprint density at radius 2 is 2.10 bits per heavy atom. The Bertz CT molecular complexity index is 557. The van der Waals surface area contributed by atoms with E-state index in [0.29, 0.717) is 22.2 Å². The number of rotatable bonds is 5. The third-order valence-electron chi connectivity index (χ3n) is 2.45. The van der Waals surface area contributed by atoms with Crippen molar-refractivity contribution in [2.45, 2.75) is 46.3 Å². The van der Waals surface area contributed by atoms with Crippen molar-refractivity contribution >= 4 is 34.0 Å². The fraction of sp³-hybridized carbons (Fsp3) is 0.643. The van der Waals surface area contributed by atoms with Gasteiger partial charge < -0.3 is 4.74 Å². The highest BCUT2D eigenvalue weighted by atomic mass is 32.2. The van der Waals surface area contributed by atoms with E-state index in [9.17, 15) is 9.00 Å². The first-order chi connectivity index (χ1) is 9.66. The van der Waals surface area contributed by atoms with Crippen LogP contribution in [0.25, 0.3) is 0 Å². The number of esters is 1. The van der Waals surface area contributed by atoms with Crippen LogP contribution in [0.15, 0.2) is 10.6 Å². The summed E-state index contributed by atoms with van der Waals surface area (Å²) in [5.41, 5.74) is 0.656. The molecule has 0 aliphatic heterocycles.